The van der Waals surface area contributed by atoms with Crippen LogP contribution in [0.1, 0.15) is 78.6 Å². The van der Waals surface area contributed by atoms with Gasteiger partial charge in [-0.05, 0) is 44.4 Å². The van der Waals surface area contributed by atoms with Crippen molar-refractivity contribution in [2.24, 2.45) is 11.8 Å². The Labute approximate surface area is 124 Å². The van der Waals surface area contributed by atoms with Crippen molar-refractivity contribution < 1.29 is 4.79 Å². The SMILES string of the molecule is CCCCC(CC)C(=O)NC1(C#N)CCC(CC)CC1. The third-order valence-electron chi connectivity index (χ3n) is 4.88. The number of nitriles is 1. The van der Waals surface area contributed by atoms with Gasteiger partial charge in [0.2, 0.25) is 5.91 Å². The molecule has 0 aliphatic heterocycles. The molecule has 114 valence electrons. The Kier molecular flexibility index (Phi) is 7.05. The fraction of sp³-hybridized carbons (Fsp3) is 0.882. The van der Waals surface area contributed by atoms with Crippen LogP contribution in [0.25, 0.3) is 0 Å². The zero-order valence-corrected chi connectivity index (χ0v) is 13.4. The van der Waals surface area contributed by atoms with E-state index < -0.39 is 5.54 Å². The molecule has 0 aromatic carbocycles. The number of carbonyl (C=O) groups is 1. The Bertz CT molecular complexity index is 337. The zero-order valence-electron chi connectivity index (χ0n) is 13.4. The van der Waals surface area contributed by atoms with Crippen LogP contribution in [0.4, 0.5) is 0 Å². The molecule has 1 saturated carbocycles. The lowest BCUT2D eigenvalue weighted by atomic mass is 9.76. The summed E-state index contributed by atoms with van der Waals surface area (Å²) in [5.74, 6) is 0.900. The summed E-state index contributed by atoms with van der Waals surface area (Å²) in [5.41, 5.74) is -0.595. The van der Waals surface area contributed by atoms with Gasteiger partial charge in [-0.25, -0.2) is 0 Å². The molecule has 0 heterocycles. The summed E-state index contributed by atoms with van der Waals surface area (Å²) in [6.45, 7) is 6.42. The van der Waals surface area contributed by atoms with Gasteiger partial charge in [0.1, 0.15) is 5.54 Å². The molecule has 0 spiro atoms. The summed E-state index contributed by atoms with van der Waals surface area (Å²) in [5, 5.41) is 12.6. The number of carbonyl (C=O) groups excluding carboxylic acids is 1. The monoisotopic (exact) mass is 278 g/mol. The molecular formula is C17H30N2O. The van der Waals surface area contributed by atoms with Crippen molar-refractivity contribution in [3.63, 3.8) is 0 Å². The predicted octanol–water partition coefficient (Wildman–Crippen LogP) is 4.18. The van der Waals surface area contributed by atoms with Crippen LogP contribution in [0.2, 0.25) is 0 Å². The fourth-order valence-corrected chi connectivity index (χ4v) is 3.15. The maximum Gasteiger partial charge on any atom is 0.224 e. The molecular weight excluding hydrogens is 248 g/mol. The van der Waals surface area contributed by atoms with Crippen LogP contribution in [-0.4, -0.2) is 11.4 Å². The number of rotatable bonds is 7. The van der Waals surface area contributed by atoms with Crippen molar-refractivity contribution in [2.75, 3.05) is 0 Å². The van der Waals surface area contributed by atoms with Gasteiger partial charge in [-0.2, -0.15) is 5.26 Å². The highest BCUT2D eigenvalue weighted by atomic mass is 16.2. The molecule has 1 N–H and O–H groups in total. The quantitative estimate of drug-likeness (QED) is 0.759. The van der Waals surface area contributed by atoms with Gasteiger partial charge in [0.15, 0.2) is 0 Å². The number of hydrogen-bond acceptors (Lipinski definition) is 2. The van der Waals surface area contributed by atoms with Crippen molar-refractivity contribution >= 4 is 5.91 Å². The van der Waals surface area contributed by atoms with E-state index in [1.54, 1.807) is 0 Å². The second-order valence-corrected chi connectivity index (χ2v) is 6.28. The Morgan fingerprint density at radius 1 is 1.35 bits per heavy atom. The van der Waals surface area contributed by atoms with Gasteiger partial charge in [0.25, 0.3) is 0 Å². The molecule has 1 unspecified atom stereocenters. The highest BCUT2D eigenvalue weighted by Gasteiger charge is 2.37. The van der Waals surface area contributed by atoms with Gasteiger partial charge >= 0.3 is 0 Å². The summed E-state index contributed by atoms with van der Waals surface area (Å²) in [6.07, 6.45) is 8.96. The van der Waals surface area contributed by atoms with Crippen LogP contribution < -0.4 is 5.32 Å². The zero-order chi connectivity index (χ0) is 15.0. The molecule has 1 amide bonds. The normalized spacial score (nSPS) is 27.6. The minimum absolute atomic E-state index is 0.0732. The number of nitrogens with one attached hydrogen (secondary N) is 1. The molecule has 20 heavy (non-hydrogen) atoms. The van der Waals surface area contributed by atoms with Gasteiger partial charge in [-0.3, -0.25) is 4.79 Å². The van der Waals surface area contributed by atoms with Crippen molar-refractivity contribution in [3.05, 3.63) is 0 Å². The van der Waals surface area contributed by atoms with E-state index in [0.29, 0.717) is 0 Å². The van der Waals surface area contributed by atoms with E-state index >= 15 is 0 Å². The first-order valence-corrected chi connectivity index (χ1v) is 8.34. The Hall–Kier alpha value is -1.04. The maximum absolute atomic E-state index is 12.4. The van der Waals surface area contributed by atoms with Crippen molar-refractivity contribution in [1.82, 2.24) is 5.32 Å². The molecule has 1 fully saturated rings. The van der Waals surface area contributed by atoms with Gasteiger partial charge in [-0.1, -0.05) is 40.0 Å². The van der Waals surface area contributed by atoms with Crippen LogP contribution in [0.15, 0.2) is 0 Å². The van der Waals surface area contributed by atoms with E-state index in [1.807, 2.05) is 0 Å². The van der Waals surface area contributed by atoms with E-state index in [-0.39, 0.29) is 11.8 Å². The van der Waals surface area contributed by atoms with Crippen molar-refractivity contribution in [3.8, 4) is 6.07 Å². The molecule has 1 aliphatic carbocycles. The smallest absolute Gasteiger partial charge is 0.224 e. The molecule has 1 atom stereocenters. The van der Waals surface area contributed by atoms with E-state index in [1.165, 1.54) is 6.42 Å². The predicted molar refractivity (Wildman–Crippen MR) is 82.0 cm³/mol. The highest BCUT2D eigenvalue weighted by molar-refractivity contribution is 5.79. The Balaban J connectivity index is 2.59. The topological polar surface area (TPSA) is 52.9 Å². The summed E-state index contributed by atoms with van der Waals surface area (Å²) in [4.78, 5) is 12.4. The first-order valence-electron chi connectivity index (χ1n) is 8.34. The molecule has 0 aromatic heterocycles. The van der Waals surface area contributed by atoms with Crippen LogP contribution in [0.3, 0.4) is 0 Å². The van der Waals surface area contributed by atoms with E-state index in [2.05, 4.69) is 32.2 Å². The molecule has 3 nitrogen and oxygen atoms in total. The molecule has 1 aliphatic rings. The van der Waals surface area contributed by atoms with Crippen LogP contribution >= 0.6 is 0 Å². The fourth-order valence-electron chi connectivity index (χ4n) is 3.15. The lowest BCUT2D eigenvalue weighted by molar-refractivity contribution is -0.127. The average molecular weight is 278 g/mol. The van der Waals surface area contributed by atoms with Crippen molar-refractivity contribution in [1.29, 1.82) is 5.26 Å². The molecule has 3 heteroatoms. The highest BCUT2D eigenvalue weighted by Crippen LogP contribution is 2.33. The summed E-state index contributed by atoms with van der Waals surface area (Å²) in [7, 11) is 0. The summed E-state index contributed by atoms with van der Waals surface area (Å²) >= 11 is 0. The third-order valence-corrected chi connectivity index (χ3v) is 4.88. The summed E-state index contributed by atoms with van der Waals surface area (Å²) in [6, 6.07) is 2.40. The molecule has 0 radical (unpaired) electrons. The summed E-state index contributed by atoms with van der Waals surface area (Å²) < 4.78 is 0. The molecule has 0 aromatic rings. The lowest BCUT2D eigenvalue weighted by Gasteiger charge is -2.36. The van der Waals surface area contributed by atoms with Crippen LogP contribution in [-0.2, 0) is 4.79 Å². The molecule has 0 saturated heterocycles. The van der Waals surface area contributed by atoms with E-state index in [9.17, 15) is 10.1 Å². The lowest BCUT2D eigenvalue weighted by Crippen LogP contribution is -2.51. The largest absolute Gasteiger partial charge is 0.338 e. The van der Waals surface area contributed by atoms with E-state index in [0.717, 1.165) is 57.3 Å². The average Bonchev–Trinajstić information content (AvgIpc) is 2.48. The minimum Gasteiger partial charge on any atom is -0.338 e. The maximum atomic E-state index is 12.4. The van der Waals surface area contributed by atoms with Gasteiger partial charge in [0.05, 0.1) is 6.07 Å². The minimum atomic E-state index is -0.595. The Morgan fingerprint density at radius 3 is 2.45 bits per heavy atom. The van der Waals surface area contributed by atoms with E-state index in [4.69, 9.17) is 0 Å². The Morgan fingerprint density at radius 2 is 2.00 bits per heavy atom. The first-order chi connectivity index (χ1) is 9.60. The van der Waals surface area contributed by atoms with Gasteiger partial charge in [0, 0.05) is 5.92 Å². The number of unbranched alkanes of at least 4 members (excludes halogenated alkanes) is 1. The number of nitrogens with zero attached hydrogens (tertiary/aromatic N) is 1. The van der Waals surface area contributed by atoms with Crippen molar-refractivity contribution in [2.45, 2.75) is 84.1 Å². The third kappa shape index (κ3) is 4.51. The second-order valence-electron chi connectivity index (χ2n) is 6.28. The molecule has 0 bridgehead atoms. The first kappa shape index (κ1) is 17.0. The van der Waals surface area contributed by atoms with Gasteiger partial charge in [-0.15, -0.1) is 0 Å². The van der Waals surface area contributed by atoms with Gasteiger partial charge < -0.3 is 5.32 Å². The van der Waals surface area contributed by atoms with Crippen LogP contribution in [0.5, 0.6) is 0 Å². The molecule has 1 rings (SSSR count). The number of hydrogen-bond donors (Lipinski definition) is 1. The standard InChI is InChI=1S/C17H30N2O/c1-4-7-8-15(6-3)16(20)19-17(13-18)11-9-14(5-2)10-12-17/h14-15H,4-12H2,1-3H3,(H,19,20). The second kappa shape index (κ2) is 8.29. The number of amides is 1. The van der Waals surface area contributed by atoms with Crippen LogP contribution in [0, 0.1) is 23.2 Å².